The number of nitrogens with two attached hydrogens (primary N) is 1. The van der Waals surface area contributed by atoms with Gasteiger partial charge in [-0.25, -0.2) is 0 Å². The van der Waals surface area contributed by atoms with Crippen LogP contribution in [0.15, 0.2) is 24.3 Å². The SMILES string of the molecule is CCNC(=O)CN(C)C(=O)CCc1cccc(N)c1. The second-order valence-corrected chi connectivity index (χ2v) is 4.45. The summed E-state index contributed by atoms with van der Waals surface area (Å²) in [5.41, 5.74) is 7.40. The Morgan fingerprint density at radius 1 is 1.37 bits per heavy atom. The van der Waals surface area contributed by atoms with Gasteiger partial charge in [0.1, 0.15) is 0 Å². The predicted molar refractivity (Wildman–Crippen MR) is 75.5 cm³/mol. The second-order valence-electron chi connectivity index (χ2n) is 4.45. The maximum absolute atomic E-state index is 11.9. The lowest BCUT2D eigenvalue weighted by Crippen LogP contribution is -2.38. The normalized spacial score (nSPS) is 10.0. The fraction of sp³-hybridized carbons (Fsp3) is 0.429. The van der Waals surface area contributed by atoms with Crippen molar-refractivity contribution in [3.63, 3.8) is 0 Å². The Morgan fingerprint density at radius 3 is 2.74 bits per heavy atom. The van der Waals surface area contributed by atoms with Crippen LogP contribution in [0.1, 0.15) is 18.9 Å². The lowest BCUT2D eigenvalue weighted by Gasteiger charge is -2.16. The molecular formula is C14H21N3O2. The Kier molecular flexibility index (Phi) is 5.85. The van der Waals surface area contributed by atoms with Crippen molar-refractivity contribution in [2.24, 2.45) is 0 Å². The van der Waals surface area contributed by atoms with Gasteiger partial charge in [-0.3, -0.25) is 9.59 Å². The van der Waals surface area contributed by atoms with Crippen LogP contribution in [0.5, 0.6) is 0 Å². The number of hydrogen-bond donors (Lipinski definition) is 2. The molecule has 0 atom stereocenters. The average molecular weight is 263 g/mol. The molecule has 104 valence electrons. The Bertz CT molecular complexity index is 446. The van der Waals surface area contributed by atoms with Crippen molar-refractivity contribution in [2.75, 3.05) is 25.9 Å². The average Bonchev–Trinajstić information content (AvgIpc) is 2.36. The molecule has 0 bridgehead atoms. The molecule has 0 aromatic heterocycles. The topological polar surface area (TPSA) is 75.4 Å². The molecule has 0 spiro atoms. The molecule has 0 saturated heterocycles. The maximum atomic E-state index is 11.9. The molecule has 0 aliphatic carbocycles. The van der Waals surface area contributed by atoms with Crippen molar-refractivity contribution in [1.82, 2.24) is 10.2 Å². The summed E-state index contributed by atoms with van der Waals surface area (Å²) in [6, 6.07) is 7.48. The summed E-state index contributed by atoms with van der Waals surface area (Å²) in [6.45, 7) is 2.52. The number of likely N-dealkylation sites (N-methyl/N-ethyl adjacent to an activating group) is 2. The quantitative estimate of drug-likeness (QED) is 0.745. The largest absolute Gasteiger partial charge is 0.399 e. The number of benzene rings is 1. The van der Waals surface area contributed by atoms with E-state index in [-0.39, 0.29) is 18.4 Å². The van der Waals surface area contributed by atoms with E-state index in [4.69, 9.17) is 5.73 Å². The minimum Gasteiger partial charge on any atom is -0.399 e. The summed E-state index contributed by atoms with van der Waals surface area (Å²) in [5.74, 6) is -0.184. The van der Waals surface area contributed by atoms with Crippen LogP contribution in [-0.2, 0) is 16.0 Å². The number of anilines is 1. The first kappa shape index (κ1) is 15.0. The van der Waals surface area contributed by atoms with Crippen LogP contribution in [0.4, 0.5) is 5.69 Å². The van der Waals surface area contributed by atoms with Gasteiger partial charge in [0.2, 0.25) is 11.8 Å². The van der Waals surface area contributed by atoms with Crippen molar-refractivity contribution in [3.8, 4) is 0 Å². The van der Waals surface area contributed by atoms with Crippen LogP contribution >= 0.6 is 0 Å². The van der Waals surface area contributed by atoms with Crippen molar-refractivity contribution in [2.45, 2.75) is 19.8 Å². The van der Waals surface area contributed by atoms with E-state index in [0.29, 0.717) is 25.1 Å². The number of carbonyl (C=O) groups excluding carboxylic acids is 2. The van der Waals surface area contributed by atoms with E-state index < -0.39 is 0 Å². The van der Waals surface area contributed by atoms with Crippen LogP contribution in [0.2, 0.25) is 0 Å². The van der Waals surface area contributed by atoms with Gasteiger partial charge < -0.3 is 16.0 Å². The monoisotopic (exact) mass is 263 g/mol. The van der Waals surface area contributed by atoms with E-state index in [0.717, 1.165) is 5.56 Å². The van der Waals surface area contributed by atoms with Crippen LogP contribution < -0.4 is 11.1 Å². The van der Waals surface area contributed by atoms with Crippen LogP contribution in [0.3, 0.4) is 0 Å². The zero-order valence-electron chi connectivity index (χ0n) is 11.5. The molecule has 0 aliphatic heterocycles. The van der Waals surface area contributed by atoms with Crippen LogP contribution in [0.25, 0.3) is 0 Å². The molecule has 5 heteroatoms. The van der Waals surface area contributed by atoms with Crippen molar-refractivity contribution >= 4 is 17.5 Å². The van der Waals surface area contributed by atoms with Gasteiger partial charge in [-0.15, -0.1) is 0 Å². The predicted octanol–water partition coefficient (Wildman–Crippen LogP) is 0.796. The molecule has 0 aliphatic rings. The van der Waals surface area contributed by atoms with Crippen LogP contribution in [-0.4, -0.2) is 36.9 Å². The zero-order valence-corrected chi connectivity index (χ0v) is 11.5. The fourth-order valence-electron chi connectivity index (χ4n) is 1.75. The summed E-state index contributed by atoms with van der Waals surface area (Å²) >= 11 is 0. The Labute approximate surface area is 113 Å². The van der Waals surface area contributed by atoms with Gasteiger partial charge in [-0.1, -0.05) is 12.1 Å². The molecule has 19 heavy (non-hydrogen) atoms. The minimum absolute atomic E-state index is 0.0475. The number of hydrogen-bond acceptors (Lipinski definition) is 3. The van der Waals surface area contributed by atoms with Crippen molar-refractivity contribution in [3.05, 3.63) is 29.8 Å². The molecule has 0 fully saturated rings. The third-order valence-electron chi connectivity index (χ3n) is 2.76. The summed E-state index contributed by atoms with van der Waals surface area (Å²) in [4.78, 5) is 24.7. The second kappa shape index (κ2) is 7.41. The summed E-state index contributed by atoms with van der Waals surface area (Å²) in [7, 11) is 1.64. The van der Waals surface area contributed by atoms with E-state index in [1.165, 1.54) is 4.90 Å². The number of carbonyl (C=O) groups is 2. The van der Waals surface area contributed by atoms with Gasteiger partial charge >= 0.3 is 0 Å². The molecule has 0 heterocycles. The number of rotatable bonds is 6. The summed E-state index contributed by atoms with van der Waals surface area (Å²) < 4.78 is 0. The van der Waals surface area contributed by atoms with Gasteiger partial charge in [0.25, 0.3) is 0 Å². The molecule has 0 saturated carbocycles. The van der Waals surface area contributed by atoms with Crippen molar-refractivity contribution < 1.29 is 9.59 Å². The van der Waals surface area contributed by atoms with Crippen molar-refractivity contribution in [1.29, 1.82) is 0 Å². The van der Waals surface area contributed by atoms with Gasteiger partial charge in [-0.05, 0) is 31.0 Å². The molecule has 3 N–H and O–H groups in total. The van der Waals surface area contributed by atoms with E-state index in [9.17, 15) is 9.59 Å². The first-order valence-corrected chi connectivity index (χ1v) is 6.38. The highest BCUT2D eigenvalue weighted by Gasteiger charge is 2.12. The van der Waals surface area contributed by atoms with Crippen LogP contribution in [0, 0.1) is 0 Å². The highest BCUT2D eigenvalue weighted by atomic mass is 16.2. The molecular weight excluding hydrogens is 242 g/mol. The Morgan fingerprint density at radius 2 is 2.11 bits per heavy atom. The summed E-state index contributed by atoms with van der Waals surface area (Å²) in [5, 5.41) is 2.66. The molecule has 1 rings (SSSR count). The first-order valence-electron chi connectivity index (χ1n) is 6.38. The Balaban J connectivity index is 2.40. The number of amides is 2. The third-order valence-corrected chi connectivity index (χ3v) is 2.76. The number of nitrogens with one attached hydrogen (secondary N) is 1. The number of nitrogen functional groups attached to an aromatic ring is 1. The summed E-state index contributed by atoms with van der Waals surface area (Å²) in [6.07, 6.45) is 1.00. The highest BCUT2D eigenvalue weighted by Crippen LogP contribution is 2.09. The fourth-order valence-corrected chi connectivity index (χ4v) is 1.75. The molecule has 0 unspecified atom stereocenters. The Hall–Kier alpha value is -2.04. The molecule has 0 radical (unpaired) electrons. The first-order chi connectivity index (χ1) is 9.02. The lowest BCUT2D eigenvalue weighted by molar-refractivity contribution is -0.134. The molecule has 2 amide bonds. The van der Waals surface area contributed by atoms with E-state index in [1.807, 2.05) is 31.2 Å². The van der Waals surface area contributed by atoms with E-state index >= 15 is 0 Å². The molecule has 1 aromatic carbocycles. The van der Waals surface area contributed by atoms with Gasteiger partial charge in [0.05, 0.1) is 6.54 Å². The van der Waals surface area contributed by atoms with Gasteiger partial charge in [-0.2, -0.15) is 0 Å². The highest BCUT2D eigenvalue weighted by molar-refractivity contribution is 5.84. The maximum Gasteiger partial charge on any atom is 0.239 e. The molecule has 1 aromatic rings. The number of nitrogens with zero attached hydrogens (tertiary/aromatic N) is 1. The third kappa shape index (κ3) is 5.42. The minimum atomic E-state index is -0.137. The molecule has 5 nitrogen and oxygen atoms in total. The standard InChI is InChI=1S/C14H21N3O2/c1-3-16-13(18)10-17(2)14(19)8-7-11-5-4-6-12(15)9-11/h4-6,9H,3,7-8,10,15H2,1-2H3,(H,16,18). The van der Waals surface area contributed by atoms with E-state index in [1.54, 1.807) is 7.05 Å². The van der Waals surface area contributed by atoms with Gasteiger partial charge in [0, 0.05) is 25.7 Å². The zero-order chi connectivity index (χ0) is 14.3. The smallest absolute Gasteiger partial charge is 0.239 e. The van der Waals surface area contributed by atoms with Gasteiger partial charge in [0.15, 0.2) is 0 Å². The number of aryl methyl sites for hydroxylation is 1. The van der Waals surface area contributed by atoms with E-state index in [2.05, 4.69) is 5.32 Å². The lowest BCUT2D eigenvalue weighted by atomic mass is 10.1.